The second-order valence-corrected chi connectivity index (χ2v) is 11.1. The molecule has 4 rings (SSSR count). The van der Waals surface area contributed by atoms with E-state index in [0.29, 0.717) is 38.0 Å². The first-order valence-electron chi connectivity index (χ1n) is 12.9. The van der Waals surface area contributed by atoms with E-state index in [1.165, 1.54) is 4.90 Å². The molecule has 3 amide bonds. The van der Waals surface area contributed by atoms with Crippen LogP contribution in [0.15, 0.2) is 24.3 Å². The molecule has 0 saturated carbocycles. The number of carbonyl (C=O) groups excluding carboxylic acids is 3. The zero-order chi connectivity index (χ0) is 27.7. The van der Waals surface area contributed by atoms with Crippen molar-refractivity contribution in [1.82, 2.24) is 20.4 Å². The van der Waals surface area contributed by atoms with Crippen molar-refractivity contribution in [1.29, 1.82) is 0 Å². The molecule has 210 valence electrons. The molecule has 2 fully saturated rings. The van der Waals surface area contributed by atoms with Crippen LogP contribution < -0.4 is 15.4 Å². The van der Waals surface area contributed by atoms with Gasteiger partial charge in [0, 0.05) is 31.1 Å². The number of hydrogen-bond acceptors (Lipinski definition) is 6. The van der Waals surface area contributed by atoms with Gasteiger partial charge in [0.05, 0.1) is 19.2 Å². The quantitative estimate of drug-likeness (QED) is 0.609. The minimum absolute atomic E-state index is 0.0716. The van der Waals surface area contributed by atoms with Crippen LogP contribution in [0.3, 0.4) is 0 Å². The molecule has 1 aromatic rings. The van der Waals surface area contributed by atoms with Gasteiger partial charge >= 0.3 is 12.3 Å². The number of carbonyl (C=O) groups is 3. The fourth-order valence-corrected chi connectivity index (χ4v) is 5.41. The molecule has 4 atom stereocenters. The van der Waals surface area contributed by atoms with E-state index in [9.17, 15) is 27.6 Å². The number of alkyl halides is 3. The second-order valence-electron chi connectivity index (χ2n) is 11.1. The van der Waals surface area contributed by atoms with Gasteiger partial charge in [-0.05, 0) is 46.1 Å². The summed E-state index contributed by atoms with van der Waals surface area (Å²) in [6.07, 6.45) is -3.64. The molecule has 0 aromatic heterocycles. The third kappa shape index (κ3) is 6.89. The molecule has 0 bridgehead atoms. The Morgan fingerprint density at radius 2 is 1.79 bits per heavy atom. The fraction of sp³-hybridized carbons (Fsp3) is 0.654. The summed E-state index contributed by atoms with van der Waals surface area (Å²) in [6.45, 7) is 3.90. The van der Waals surface area contributed by atoms with E-state index in [1.54, 1.807) is 20.8 Å². The van der Waals surface area contributed by atoms with E-state index in [2.05, 4.69) is 10.6 Å². The van der Waals surface area contributed by atoms with Crippen molar-refractivity contribution in [2.75, 3.05) is 26.2 Å². The average molecular weight is 541 g/mol. The maximum absolute atomic E-state index is 13.7. The highest BCUT2D eigenvalue weighted by Crippen LogP contribution is 2.34. The van der Waals surface area contributed by atoms with Crippen molar-refractivity contribution < 1.29 is 37.0 Å². The van der Waals surface area contributed by atoms with Crippen LogP contribution >= 0.6 is 0 Å². The Kier molecular flexibility index (Phi) is 8.10. The molecule has 9 nitrogen and oxygen atoms in total. The molecular weight excluding hydrogens is 505 g/mol. The van der Waals surface area contributed by atoms with Gasteiger partial charge in [-0.2, -0.15) is 13.2 Å². The average Bonchev–Trinajstić information content (AvgIpc) is 3.23. The highest BCUT2D eigenvalue weighted by Gasteiger charge is 2.46. The molecule has 12 heteroatoms. The lowest BCUT2D eigenvalue weighted by Gasteiger charge is -2.39. The number of rotatable bonds is 4. The first kappa shape index (κ1) is 28.0. The van der Waals surface area contributed by atoms with E-state index in [-0.39, 0.29) is 25.0 Å². The lowest BCUT2D eigenvalue weighted by molar-refractivity contribution is -0.154. The van der Waals surface area contributed by atoms with E-state index in [1.807, 2.05) is 24.3 Å². The van der Waals surface area contributed by atoms with Gasteiger partial charge in [-0.15, -0.1) is 0 Å². The predicted molar refractivity (Wildman–Crippen MR) is 131 cm³/mol. The summed E-state index contributed by atoms with van der Waals surface area (Å²) >= 11 is 0. The van der Waals surface area contributed by atoms with Crippen LogP contribution in [0.1, 0.15) is 58.1 Å². The Bertz CT molecular complexity index is 1040. The molecule has 3 aliphatic heterocycles. The molecule has 0 aliphatic carbocycles. The molecule has 3 heterocycles. The monoisotopic (exact) mass is 540 g/mol. The number of amides is 3. The van der Waals surface area contributed by atoms with Crippen LogP contribution in [0.4, 0.5) is 18.0 Å². The summed E-state index contributed by atoms with van der Waals surface area (Å²) in [5.74, 6) is -0.217. The summed E-state index contributed by atoms with van der Waals surface area (Å²) in [4.78, 5) is 42.3. The molecule has 1 aromatic carbocycles. The standard InChI is InChI=1S/C26H35F3N4O5/c1-25(2,3)38-24(36)31-19-14-32(15-26(27,28)29)12-10-16-8-9-20(33(16)23(19)35)22(34)30-18-11-13-37-21-7-5-4-6-17(18)21/h4-7,16,18-20H,8-15H2,1-3H3,(H,30,34)(H,31,36)/t16-,18-,19+,20+/m1/s1. The van der Waals surface area contributed by atoms with Crippen LogP contribution in [0.25, 0.3) is 0 Å². The van der Waals surface area contributed by atoms with Gasteiger partial charge in [0.2, 0.25) is 11.8 Å². The van der Waals surface area contributed by atoms with Gasteiger partial charge in [-0.1, -0.05) is 18.2 Å². The highest BCUT2D eigenvalue weighted by atomic mass is 19.4. The Hall–Kier alpha value is -3.02. The van der Waals surface area contributed by atoms with Crippen molar-refractivity contribution >= 4 is 17.9 Å². The van der Waals surface area contributed by atoms with Crippen molar-refractivity contribution in [3.8, 4) is 5.75 Å². The number of hydrogen-bond donors (Lipinski definition) is 2. The van der Waals surface area contributed by atoms with Crippen molar-refractivity contribution in [3.63, 3.8) is 0 Å². The topological polar surface area (TPSA) is 100 Å². The van der Waals surface area contributed by atoms with E-state index in [4.69, 9.17) is 9.47 Å². The Morgan fingerprint density at radius 1 is 1.05 bits per heavy atom. The zero-order valence-corrected chi connectivity index (χ0v) is 21.8. The number of nitrogens with zero attached hydrogens (tertiary/aromatic N) is 2. The lowest BCUT2D eigenvalue weighted by atomic mass is 10.00. The molecule has 0 radical (unpaired) electrons. The minimum Gasteiger partial charge on any atom is -0.493 e. The molecular formula is C26H35F3N4O5. The van der Waals surface area contributed by atoms with Gasteiger partial charge in [-0.3, -0.25) is 14.5 Å². The van der Waals surface area contributed by atoms with Gasteiger partial charge in [-0.25, -0.2) is 4.79 Å². The molecule has 0 unspecified atom stereocenters. The first-order valence-corrected chi connectivity index (χ1v) is 12.9. The Labute approximate surface area is 220 Å². The first-order chi connectivity index (χ1) is 17.8. The van der Waals surface area contributed by atoms with Crippen LogP contribution in [-0.2, 0) is 14.3 Å². The van der Waals surface area contributed by atoms with Crippen LogP contribution in [0.5, 0.6) is 5.75 Å². The maximum atomic E-state index is 13.7. The third-order valence-electron chi connectivity index (χ3n) is 6.95. The molecule has 2 saturated heterocycles. The molecule has 38 heavy (non-hydrogen) atoms. The van der Waals surface area contributed by atoms with Gasteiger partial charge in [0.25, 0.3) is 0 Å². The van der Waals surface area contributed by atoms with Crippen LogP contribution in [0.2, 0.25) is 0 Å². The summed E-state index contributed by atoms with van der Waals surface area (Å²) in [6, 6.07) is 4.64. The van der Waals surface area contributed by atoms with E-state index >= 15 is 0 Å². The molecule has 3 aliphatic rings. The summed E-state index contributed by atoms with van der Waals surface area (Å²) < 4.78 is 50.6. The van der Waals surface area contributed by atoms with Gasteiger partial charge < -0.3 is 25.0 Å². The maximum Gasteiger partial charge on any atom is 0.408 e. The lowest BCUT2D eigenvalue weighted by Crippen LogP contribution is -2.61. The van der Waals surface area contributed by atoms with Crippen LogP contribution in [-0.4, -0.2) is 83.9 Å². The van der Waals surface area contributed by atoms with Gasteiger partial charge in [0.1, 0.15) is 23.4 Å². The fourth-order valence-electron chi connectivity index (χ4n) is 5.41. The summed E-state index contributed by atoms with van der Waals surface area (Å²) in [5.41, 5.74) is -0.00756. The van der Waals surface area contributed by atoms with Gasteiger partial charge in [0.15, 0.2) is 0 Å². The van der Waals surface area contributed by atoms with Crippen molar-refractivity contribution in [2.24, 2.45) is 0 Å². The second kappa shape index (κ2) is 11.0. The number of ether oxygens (including phenoxy) is 2. The number of nitrogens with one attached hydrogen (secondary N) is 2. The van der Waals surface area contributed by atoms with E-state index < -0.39 is 48.4 Å². The van der Waals surface area contributed by atoms with E-state index in [0.717, 1.165) is 10.5 Å². The third-order valence-corrected chi connectivity index (χ3v) is 6.95. The predicted octanol–water partition coefficient (Wildman–Crippen LogP) is 3.15. The number of para-hydroxylation sites is 1. The largest absolute Gasteiger partial charge is 0.493 e. The Morgan fingerprint density at radius 3 is 2.50 bits per heavy atom. The molecule has 0 spiro atoms. The molecule has 2 N–H and O–H groups in total. The normalized spacial score (nSPS) is 26.4. The van der Waals surface area contributed by atoms with Crippen LogP contribution in [0, 0.1) is 0 Å². The number of benzene rings is 1. The van der Waals surface area contributed by atoms with Crippen molar-refractivity contribution in [3.05, 3.63) is 29.8 Å². The summed E-state index contributed by atoms with van der Waals surface area (Å²) in [7, 11) is 0. The van der Waals surface area contributed by atoms with Crippen molar-refractivity contribution in [2.45, 2.75) is 82.4 Å². The highest BCUT2D eigenvalue weighted by molar-refractivity contribution is 5.92. The zero-order valence-electron chi connectivity index (χ0n) is 21.8. The number of fused-ring (bicyclic) bond motifs is 2. The Balaban J connectivity index is 1.53. The summed E-state index contributed by atoms with van der Waals surface area (Å²) in [5, 5.41) is 5.51. The SMILES string of the molecule is CC(C)(C)OC(=O)N[C@H]1CN(CC(F)(F)F)CC[C@H]2CC[C@@H](C(=O)N[C@@H]3CCOc4ccccc43)N2C1=O. The number of halogens is 3. The number of alkyl carbamates (subject to hydrolysis) is 1. The smallest absolute Gasteiger partial charge is 0.408 e. The minimum atomic E-state index is -4.46.